The predicted molar refractivity (Wildman–Crippen MR) is 119 cm³/mol. The molecule has 2 aromatic carbocycles. The summed E-state index contributed by atoms with van der Waals surface area (Å²) in [4.78, 5) is 38.5. The van der Waals surface area contributed by atoms with E-state index < -0.39 is 0 Å². The quantitative estimate of drug-likeness (QED) is 0.597. The first-order valence-corrected chi connectivity index (χ1v) is 10.7. The highest BCUT2D eigenvalue weighted by Crippen LogP contribution is 2.15. The van der Waals surface area contributed by atoms with Crippen LogP contribution in [-0.4, -0.2) is 42.3 Å². The molecule has 3 amide bonds. The Balaban J connectivity index is 1.42. The molecule has 0 bridgehead atoms. The number of ether oxygens (including phenoxy) is 1. The van der Waals surface area contributed by atoms with Gasteiger partial charge >= 0.3 is 6.03 Å². The molecule has 31 heavy (non-hydrogen) atoms. The van der Waals surface area contributed by atoms with Crippen LogP contribution in [0.15, 0.2) is 48.5 Å². The molecule has 3 rings (SSSR count). The summed E-state index contributed by atoms with van der Waals surface area (Å²) < 4.78 is 5.37. The Morgan fingerprint density at radius 2 is 1.74 bits per heavy atom. The first-order valence-electron chi connectivity index (χ1n) is 10.7. The fraction of sp³-hybridized carbons (Fsp3) is 0.375. The zero-order valence-electron chi connectivity index (χ0n) is 17.9. The van der Waals surface area contributed by atoms with E-state index in [0.717, 1.165) is 37.2 Å². The maximum Gasteiger partial charge on any atom is 0.321 e. The van der Waals surface area contributed by atoms with Crippen LogP contribution >= 0.6 is 0 Å². The fourth-order valence-corrected chi connectivity index (χ4v) is 3.45. The van der Waals surface area contributed by atoms with Crippen LogP contribution in [0.5, 0.6) is 5.75 Å². The van der Waals surface area contributed by atoms with E-state index in [4.69, 9.17) is 4.74 Å². The van der Waals surface area contributed by atoms with Crippen molar-refractivity contribution in [2.75, 3.05) is 25.0 Å². The van der Waals surface area contributed by atoms with Crippen molar-refractivity contribution in [2.24, 2.45) is 0 Å². The maximum absolute atomic E-state index is 12.3. The fourth-order valence-electron chi connectivity index (χ4n) is 3.45. The van der Waals surface area contributed by atoms with Gasteiger partial charge < -0.3 is 20.3 Å². The van der Waals surface area contributed by atoms with E-state index in [1.807, 2.05) is 31.2 Å². The van der Waals surface area contributed by atoms with Gasteiger partial charge in [0.2, 0.25) is 5.91 Å². The number of amides is 3. The summed E-state index contributed by atoms with van der Waals surface area (Å²) in [6.07, 6.45) is 2.35. The third-order valence-electron chi connectivity index (χ3n) is 5.13. The number of hydrogen-bond acceptors (Lipinski definition) is 4. The minimum absolute atomic E-state index is 0.0789. The number of carbonyl (C=O) groups excluding carboxylic acids is 3. The lowest BCUT2D eigenvalue weighted by Crippen LogP contribution is -2.32. The number of nitrogens with one attached hydrogen (secondary N) is 2. The first kappa shape index (κ1) is 22.3. The van der Waals surface area contributed by atoms with Gasteiger partial charge in [0.15, 0.2) is 5.78 Å². The van der Waals surface area contributed by atoms with Crippen LogP contribution in [0.2, 0.25) is 0 Å². The number of rotatable bonds is 9. The summed E-state index contributed by atoms with van der Waals surface area (Å²) in [5.41, 5.74) is 2.15. The minimum atomic E-state index is -0.189. The summed E-state index contributed by atoms with van der Waals surface area (Å²) in [5, 5.41) is 5.74. The van der Waals surface area contributed by atoms with E-state index in [1.165, 1.54) is 0 Å². The molecule has 7 nitrogen and oxygen atoms in total. The molecular formula is C24H29N3O4. The highest BCUT2D eigenvalue weighted by atomic mass is 16.5. The Morgan fingerprint density at radius 1 is 1.00 bits per heavy atom. The van der Waals surface area contributed by atoms with Crippen LogP contribution in [-0.2, 0) is 11.3 Å². The van der Waals surface area contributed by atoms with Gasteiger partial charge in [-0.05, 0) is 61.7 Å². The summed E-state index contributed by atoms with van der Waals surface area (Å²) in [7, 11) is 0. The Kier molecular flexibility index (Phi) is 8.04. The second-order valence-electron chi connectivity index (χ2n) is 7.48. The highest BCUT2D eigenvalue weighted by Gasteiger charge is 2.17. The maximum atomic E-state index is 12.3. The smallest absolute Gasteiger partial charge is 0.321 e. The van der Waals surface area contributed by atoms with Crippen LogP contribution in [0.4, 0.5) is 10.5 Å². The Hall–Kier alpha value is -3.35. The number of nitrogens with zero attached hydrogens (tertiary/aromatic N) is 1. The van der Waals surface area contributed by atoms with Crippen molar-refractivity contribution in [1.29, 1.82) is 0 Å². The van der Waals surface area contributed by atoms with E-state index in [2.05, 4.69) is 10.6 Å². The third kappa shape index (κ3) is 6.84. The molecule has 0 spiro atoms. The van der Waals surface area contributed by atoms with Crippen molar-refractivity contribution in [3.8, 4) is 5.75 Å². The van der Waals surface area contributed by atoms with Gasteiger partial charge in [0.05, 0.1) is 6.61 Å². The first-order chi connectivity index (χ1) is 15.0. The van der Waals surface area contributed by atoms with Crippen LogP contribution in [0.1, 0.15) is 48.5 Å². The molecule has 2 N–H and O–H groups in total. The van der Waals surface area contributed by atoms with Gasteiger partial charge in [-0.1, -0.05) is 12.1 Å². The Morgan fingerprint density at radius 3 is 2.45 bits per heavy atom. The molecule has 1 aliphatic rings. The molecule has 7 heteroatoms. The van der Waals surface area contributed by atoms with E-state index in [1.54, 1.807) is 29.2 Å². The van der Waals surface area contributed by atoms with Gasteiger partial charge in [0, 0.05) is 43.7 Å². The van der Waals surface area contributed by atoms with E-state index >= 15 is 0 Å². The molecule has 0 saturated carbocycles. The Labute approximate surface area is 182 Å². The van der Waals surface area contributed by atoms with Crippen molar-refractivity contribution in [3.05, 3.63) is 59.7 Å². The lowest BCUT2D eigenvalue weighted by Gasteiger charge is -2.16. The number of benzene rings is 2. The van der Waals surface area contributed by atoms with E-state index in [0.29, 0.717) is 24.4 Å². The molecule has 1 heterocycles. The number of urea groups is 1. The second-order valence-corrected chi connectivity index (χ2v) is 7.48. The van der Waals surface area contributed by atoms with Gasteiger partial charge in [0.1, 0.15) is 5.75 Å². The number of ketones is 1. The topological polar surface area (TPSA) is 87.7 Å². The summed E-state index contributed by atoms with van der Waals surface area (Å²) in [6.45, 7) is 4.39. The number of anilines is 1. The molecule has 0 aromatic heterocycles. The van der Waals surface area contributed by atoms with Crippen molar-refractivity contribution in [3.63, 3.8) is 0 Å². The third-order valence-corrected chi connectivity index (χ3v) is 5.13. The lowest BCUT2D eigenvalue weighted by atomic mass is 10.1. The van der Waals surface area contributed by atoms with Gasteiger partial charge in [0.25, 0.3) is 0 Å². The van der Waals surface area contributed by atoms with Gasteiger partial charge in [-0.2, -0.15) is 0 Å². The zero-order valence-corrected chi connectivity index (χ0v) is 17.9. The van der Waals surface area contributed by atoms with Crippen molar-refractivity contribution in [1.82, 2.24) is 10.2 Å². The van der Waals surface area contributed by atoms with Crippen LogP contribution < -0.4 is 15.4 Å². The average molecular weight is 424 g/mol. The number of Topliss-reactive ketones (excluding diaryl/α,β-unsaturated/α-hetero) is 1. The zero-order chi connectivity index (χ0) is 22.1. The van der Waals surface area contributed by atoms with Gasteiger partial charge in [-0.15, -0.1) is 0 Å². The SMILES string of the molecule is CCOc1ccc(C(=O)CCC(=O)NCc2cccc(NC(=O)N3CCCC3)c2)cc1. The molecule has 1 fully saturated rings. The normalized spacial score (nSPS) is 13.0. The van der Waals surface area contributed by atoms with Crippen LogP contribution in [0.25, 0.3) is 0 Å². The standard InChI is InChI=1S/C24H29N3O4/c1-2-31-21-10-8-19(9-11-21)22(28)12-13-23(29)25-17-18-6-5-7-20(16-18)26-24(30)27-14-3-4-15-27/h5-11,16H,2-4,12-15,17H2,1H3,(H,25,29)(H,26,30). The second kappa shape index (κ2) is 11.2. The van der Waals surface area contributed by atoms with E-state index in [-0.39, 0.29) is 30.6 Å². The summed E-state index contributed by atoms with van der Waals surface area (Å²) in [6, 6.07) is 14.3. The van der Waals surface area contributed by atoms with Gasteiger partial charge in [-0.3, -0.25) is 9.59 Å². The predicted octanol–water partition coefficient (Wildman–Crippen LogP) is 3.99. The molecule has 0 aliphatic carbocycles. The highest BCUT2D eigenvalue weighted by molar-refractivity contribution is 5.98. The Bertz CT molecular complexity index is 905. The van der Waals surface area contributed by atoms with Crippen LogP contribution in [0, 0.1) is 0 Å². The summed E-state index contributed by atoms with van der Waals surface area (Å²) >= 11 is 0. The lowest BCUT2D eigenvalue weighted by molar-refractivity contribution is -0.121. The molecule has 164 valence electrons. The molecule has 0 unspecified atom stereocenters. The molecular weight excluding hydrogens is 394 g/mol. The van der Waals surface area contributed by atoms with Gasteiger partial charge in [-0.25, -0.2) is 4.79 Å². The largest absolute Gasteiger partial charge is 0.494 e. The van der Waals surface area contributed by atoms with Crippen LogP contribution in [0.3, 0.4) is 0 Å². The molecule has 0 radical (unpaired) electrons. The average Bonchev–Trinajstić information content (AvgIpc) is 3.32. The number of carbonyl (C=O) groups is 3. The monoisotopic (exact) mass is 423 g/mol. The van der Waals surface area contributed by atoms with Crippen molar-refractivity contribution >= 4 is 23.4 Å². The molecule has 1 saturated heterocycles. The minimum Gasteiger partial charge on any atom is -0.494 e. The molecule has 0 atom stereocenters. The van der Waals surface area contributed by atoms with E-state index in [9.17, 15) is 14.4 Å². The molecule has 1 aliphatic heterocycles. The summed E-state index contributed by atoms with van der Waals surface area (Å²) in [5.74, 6) is 0.450. The van der Waals surface area contributed by atoms with Crippen molar-refractivity contribution < 1.29 is 19.1 Å². The number of hydrogen-bond donors (Lipinski definition) is 2. The molecule has 2 aromatic rings. The van der Waals surface area contributed by atoms with Crippen molar-refractivity contribution in [2.45, 2.75) is 39.2 Å². The number of likely N-dealkylation sites (tertiary alicyclic amines) is 1.